The second-order valence-corrected chi connectivity index (χ2v) is 10.9. The molecular weight excluding hydrogens is 396 g/mol. The zero-order valence-electron chi connectivity index (χ0n) is 19.7. The smallest absolute Gasteiger partial charge is 0.254 e. The number of phenolic OH excluding ortho intramolecular Hbond substituents is 1. The van der Waals surface area contributed by atoms with Gasteiger partial charge in [-0.25, -0.2) is 0 Å². The fourth-order valence-corrected chi connectivity index (χ4v) is 6.46. The first-order valence-corrected chi connectivity index (χ1v) is 12.2. The van der Waals surface area contributed by atoms with Gasteiger partial charge in [-0.05, 0) is 79.1 Å². The van der Waals surface area contributed by atoms with Crippen LogP contribution >= 0.6 is 0 Å². The number of carbonyl (C=O) groups excluding carboxylic acids is 1. The molecule has 1 unspecified atom stereocenters. The van der Waals surface area contributed by atoms with E-state index in [0.29, 0.717) is 12.2 Å². The van der Waals surface area contributed by atoms with E-state index >= 15 is 0 Å². The molecular formula is C28H36N2O2. The van der Waals surface area contributed by atoms with Crippen molar-refractivity contribution in [2.75, 3.05) is 19.6 Å². The maximum atomic E-state index is 13.6. The standard InChI is InChI=1S/C28H36N2O2/c1-27(2)25-18-22-23(8-7-9-24(22)31)28(27,3)14-17-30(25)26(32)21-12-10-20(11-13-21)19-29-15-5-4-6-16-29/h7-13,25,31H,4-6,14-19H2,1-3H3/t25-,28?/m1/s1. The Hall–Kier alpha value is -2.33. The summed E-state index contributed by atoms with van der Waals surface area (Å²) in [5.41, 5.74) is 4.21. The second kappa shape index (κ2) is 7.91. The highest BCUT2D eigenvalue weighted by Gasteiger charge is 2.57. The summed E-state index contributed by atoms with van der Waals surface area (Å²) < 4.78 is 0. The minimum Gasteiger partial charge on any atom is -0.508 e. The molecule has 2 aromatic carbocycles. The fraction of sp³-hybridized carbons (Fsp3) is 0.536. The summed E-state index contributed by atoms with van der Waals surface area (Å²) in [5, 5.41) is 10.6. The van der Waals surface area contributed by atoms with E-state index < -0.39 is 0 Å². The Morgan fingerprint density at radius 3 is 2.44 bits per heavy atom. The number of aromatic hydroxyl groups is 1. The van der Waals surface area contributed by atoms with Crippen LogP contribution in [-0.4, -0.2) is 46.5 Å². The molecule has 5 rings (SSSR count). The summed E-state index contributed by atoms with van der Waals surface area (Å²) in [7, 11) is 0. The van der Waals surface area contributed by atoms with Gasteiger partial charge in [-0.2, -0.15) is 0 Å². The Labute approximate surface area is 192 Å². The molecule has 0 radical (unpaired) electrons. The first-order valence-electron chi connectivity index (χ1n) is 12.2. The van der Waals surface area contributed by atoms with Crippen molar-refractivity contribution in [3.63, 3.8) is 0 Å². The van der Waals surface area contributed by atoms with Gasteiger partial charge in [0.25, 0.3) is 5.91 Å². The van der Waals surface area contributed by atoms with E-state index in [1.165, 1.54) is 43.5 Å². The summed E-state index contributed by atoms with van der Waals surface area (Å²) in [4.78, 5) is 18.2. The van der Waals surface area contributed by atoms with E-state index in [2.05, 4.69) is 48.8 Å². The minimum atomic E-state index is -0.0735. The maximum absolute atomic E-state index is 13.6. The number of piperidine rings is 2. The number of phenols is 1. The van der Waals surface area contributed by atoms with Crippen LogP contribution in [0.25, 0.3) is 0 Å². The molecule has 170 valence electrons. The molecule has 0 spiro atoms. The van der Waals surface area contributed by atoms with Gasteiger partial charge in [-0.3, -0.25) is 9.69 Å². The Kier molecular flexibility index (Phi) is 5.32. The normalized spacial score (nSPS) is 27.1. The van der Waals surface area contributed by atoms with Crippen LogP contribution in [0.1, 0.15) is 73.5 Å². The van der Waals surface area contributed by atoms with Gasteiger partial charge in [0.2, 0.25) is 0 Å². The molecule has 2 heterocycles. The van der Waals surface area contributed by atoms with Crippen LogP contribution in [0.4, 0.5) is 0 Å². The number of carbonyl (C=O) groups is 1. The van der Waals surface area contributed by atoms with E-state index in [9.17, 15) is 9.90 Å². The first-order chi connectivity index (χ1) is 15.3. The number of nitrogens with zero attached hydrogens (tertiary/aromatic N) is 2. The van der Waals surface area contributed by atoms with Crippen molar-refractivity contribution in [3.05, 3.63) is 64.7 Å². The Balaban J connectivity index is 1.39. The van der Waals surface area contributed by atoms with Gasteiger partial charge in [-0.15, -0.1) is 0 Å². The largest absolute Gasteiger partial charge is 0.508 e. The molecule has 2 bridgehead atoms. The van der Waals surface area contributed by atoms with Gasteiger partial charge in [0, 0.05) is 30.1 Å². The highest BCUT2D eigenvalue weighted by molar-refractivity contribution is 5.94. The van der Waals surface area contributed by atoms with Crippen LogP contribution in [0, 0.1) is 5.41 Å². The summed E-state index contributed by atoms with van der Waals surface area (Å²) in [6, 6.07) is 14.3. The molecule has 4 nitrogen and oxygen atoms in total. The monoisotopic (exact) mass is 432 g/mol. The molecule has 1 aliphatic carbocycles. The van der Waals surface area contributed by atoms with Crippen LogP contribution in [-0.2, 0) is 18.4 Å². The van der Waals surface area contributed by atoms with Crippen molar-refractivity contribution in [3.8, 4) is 5.75 Å². The average Bonchev–Trinajstić information content (AvgIpc) is 2.78. The predicted octanol–water partition coefficient (Wildman–Crippen LogP) is 5.13. The van der Waals surface area contributed by atoms with E-state index in [1.807, 2.05) is 18.2 Å². The third kappa shape index (κ3) is 3.35. The van der Waals surface area contributed by atoms with Gasteiger partial charge in [0.1, 0.15) is 5.75 Å². The van der Waals surface area contributed by atoms with Crippen molar-refractivity contribution in [1.29, 1.82) is 0 Å². The summed E-state index contributed by atoms with van der Waals surface area (Å²) in [6.07, 6.45) is 5.55. The number of amides is 1. The molecule has 4 heteroatoms. The predicted molar refractivity (Wildman–Crippen MR) is 128 cm³/mol. The number of benzene rings is 2. The first kappa shape index (κ1) is 21.5. The maximum Gasteiger partial charge on any atom is 0.254 e. The van der Waals surface area contributed by atoms with Gasteiger partial charge in [0.05, 0.1) is 0 Å². The Bertz CT molecular complexity index is 1010. The van der Waals surface area contributed by atoms with Crippen LogP contribution in [0.3, 0.4) is 0 Å². The van der Waals surface area contributed by atoms with Crippen LogP contribution in [0.5, 0.6) is 5.75 Å². The lowest BCUT2D eigenvalue weighted by Gasteiger charge is -2.60. The summed E-state index contributed by atoms with van der Waals surface area (Å²) >= 11 is 0. The lowest BCUT2D eigenvalue weighted by atomic mass is 9.51. The average molecular weight is 433 g/mol. The molecule has 0 aromatic heterocycles. The molecule has 1 N–H and O–H groups in total. The van der Waals surface area contributed by atoms with Crippen molar-refractivity contribution >= 4 is 5.91 Å². The van der Waals surface area contributed by atoms with Crippen molar-refractivity contribution in [2.24, 2.45) is 5.41 Å². The molecule has 0 saturated carbocycles. The highest BCUT2D eigenvalue weighted by Crippen LogP contribution is 2.57. The Morgan fingerprint density at radius 1 is 1.00 bits per heavy atom. The SMILES string of the molecule is CC12CCN(C(=O)c3ccc(CN4CCCCC4)cc3)[C@H](Cc3c(O)cccc31)C2(C)C. The molecule has 2 saturated heterocycles. The molecule has 2 aromatic rings. The zero-order valence-corrected chi connectivity index (χ0v) is 19.7. The van der Waals surface area contributed by atoms with Crippen molar-refractivity contribution < 1.29 is 9.90 Å². The third-order valence-electron chi connectivity index (χ3n) is 8.94. The van der Waals surface area contributed by atoms with Gasteiger partial charge in [-0.1, -0.05) is 51.5 Å². The zero-order chi connectivity index (χ0) is 22.5. The lowest BCUT2D eigenvalue weighted by molar-refractivity contribution is -0.0266. The molecule has 2 atom stereocenters. The minimum absolute atomic E-state index is 0.0565. The molecule has 1 amide bonds. The van der Waals surface area contributed by atoms with Gasteiger partial charge < -0.3 is 10.0 Å². The van der Waals surface area contributed by atoms with E-state index in [-0.39, 0.29) is 22.8 Å². The lowest BCUT2D eigenvalue weighted by Crippen LogP contribution is -2.64. The molecule has 2 fully saturated rings. The summed E-state index contributed by atoms with van der Waals surface area (Å²) in [6.45, 7) is 11.0. The third-order valence-corrected chi connectivity index (χ3v) is 8.94. The molecule has 32 heavy (non-hydrogen) atoms. The number of rotatable bonds is 3. The topological polar surface area (TPSA) is 43.8 Å². The van der Waals surface area contributed by atoms with E-state index in [4.69, 9.17) is 0 Å². The van der Waals surface area contributed by atoms with Crippen molar-refractivity contribution in [1.82, 2.24) is 9.80 Å². The second-order valence-electron chi connectivity index (χ2n) is 10.9. The molecule has 3 aliphatic rings. The number of fused-ring (bicyclic) bond motifs is 4. The quantitative estimate of drug-likeness (QED) is 0.731. The summed E-state index contributed by atoms with van der Waals surface area (Å²) in [5.74, 6) is 0.485. The number of hydrogen-bond donors (Lipinski definition) is 1. The van der Waals surface area contributed by atoms with Gasteiger partial charge in [0.15, 0.2) is 0 Å². The number of hydrogen-bond acceptors (Lipinski definition) is 3. The number of likely N-dealkylation sites (tertiary alicyclic amines) is 2. The van der Waals surface area contributed by atoms with E-state index in [1.54, 1.807) is 6.07 Å². The van der Waals surface area contributed by atoms with E-state index in [0.717, 1.165) is 30.6 Å². The van der Waals surface area contributed by atoms with Crippen LogP contribution in [0.15, 0.2) is 42.5 Å². The fourth-order valence-electron chi connectivity index (χ4n) is 6.46. The van der Waals surface area contributed by atoms with Crippen molar-refractivity contribution in [2.45, 2.75) is 70.9 Å². The van der Waals surface area contributed by atoms with Crippen LogP contribution in [0.2, 0.25) is 0 Å². The molecule has 2 aliphatic heterocycles. The van der Waals surface area contributed by atoms with Crippen LogP contribution < -0.4 is 0 Å². The van der Waals surface area contributed by atoms with Gasteiger partial charge >= 0.3 is 0 Å². The Morgan fingerprint density at radius 2 is 1.72 bits per heavy atom. The highest BCUT2D eigenvalue weighted by atomic mass is 16.3.